The monoisotopic (exact) mass is 440 g/mol. The van der Waals surface area contributed by atoms with Gasteiger partial charge in [0, 0.05) is 18.7 Å². The van der Waals surface area contributed by atoms with E-state index >= 15 is 0 Å². The van der Waals surface area contributed by atoms with Crippen molar-refractivity contribution < 1.29 is 26.4 Å². The van der Waals surface area contributed by atoms with E-state index in [0.29, 0.717) is 18.5 Å². The smallest absolute Gasteiger partial charge is 0.349 e. The first-order valence-electron chi connectivity index (χ1n) is 9.62. The van der Waals surface area contributed by atoms with Crippen LogP contribution in [-0.4, -0.2) is 33.6 Å². The third-order valence-corrected chi connectivity index (χ3v) is 7.16. The fourth-order valence-corrected chi connectivity index (χ4v) is 4.92. The van der Waals surface area contributed by atoms with Crippen molar-refractivity contribution in [3.63, 3.8) is 0 Å². The van der Waals surface area contributed by atoms with Gasteiger partial charge in [-0.3, -0.25) is 9.10 Å². The molecule has 0 saturated heterocycles. The molecule has 2 aromatic rings. The molecule has 0 radical (unpaired) electrons. The van der Waals surface area contributed by atoms with E-state index in [1.165, 1.54) is 31.3 Å². The van der Waals surface area contributed by atoms with Gasteiger partial charge in [-0.25, -0.2) is 8.42 Å². The van der Waals surface area contributed by atoms with Crippen LogP contribution in [0.5, 0.6) is 0 Å². The summed E-state index contributed by atoms with van der Waals surface area (Å²) in [6, 6.07) is 12.8. The number of sulfonamides is 1. The molecule has 1 N–H and O–H groups in total. The Kier molecular flexibility index (Phi) is 6.40. The molecule has 0 bridgehead atoms. The second-order valence-electron chi connectivity index (χ2n) is 7.35. The predicted octanol–water partition coefficient (Wildman–Crippen LogP) is 4.36. The van der Waals surface area contributed by atoms with Gasteiger partial charge in [0.05, 0.1) is 16.5 Å². The van der Waals surface area contributed by atoms with Crippen LogP contribution in [-0.2, 0) is 10.0 Å². The normalized spacial score (nSPS) is 19.9. The molecular formula is C21H23F3N2O3S. The molecule has 1 aliphatic rings. The molecule has 1 amide bonds. The lowest BCUT2D eigenvalue weighted by atomic mass is 9.84. The Morgan fingerprint density at radius 1 is 1.03 bits per heavy atom. The first kappa shape index (κ1) is 22.1. The number of nitrogens with one attached hydrogen (secondary N) is 1. The lowest BCUT2D eigenvalue weighted by Crippen LogP contribution is -2.47. The number of halogens is 3. The van der Waals surface area contributed by atoms with Gasteiger partial charge in [0.15, 0.2) is 0 Å². The summed E-state index contributed by atoms with van der Waals surface area (Å²) in [5.74, 6) is -2.30. The number of anilines is 1. The van der Waals surface area contributed by atoms with E-state index in [1.807, 2.05) is 0 Å². The Balaban J connectivity index is 1.81. The van der Waals surface area contributed by atoms with Crippen LogP contribution in [0.15, 0.2) is 59.5 Å². The topological polar surface area (TPSA) is 66.5 Å². The molecule has 30 heavy (non-hydrogen) atoms. The van der Waals surface area contributed by atoms with E-state index in [1.54, 1.807) is 30.3 Å². The average Bonchev–Trinajstić information content (AvgIpc) is 2.73. The highest BCUT2D eigenvalue weighted by molar-refractivity contribution is 7.92. The van der Waals surface area contributed by atoms with Gasteiger partial charge in [-0.2, -0.15) is 13.2 Å². The highest BCUT2D eigenvalue weighted by Gasteiger charge is 2.46. The second kappa shape index (κ2) is 8.67. The van der Waals surface area contributed by atoms with E-state index in [0.717, 1.165) is 4.31 Å². The van der Waals surface area contributed by atoms with Gasteiger partial charge in [-0.1, -0.05) is 37.1 Å². The van der Waals surface area contributed by atoms with Crippen LogP contribution in [0.1, 0.15) is 36.0 Å². The van der Waals surface area contributed by atoms with Crippen molar-refractivity contribution in [2.75, 3.05) is 11.4 Å². The maximum absolute atomic E-state index is 13.3. The van der Waals surface area contributed by atoms with Gasteiger partial charge in [0.1, 0.15) is 0 Å². The summed E-state index contributed by atoms with van der Waals surface area (Å²) in [4.78, 5) is 12.5. The number of amides is 1. The molecule has 0 aliphatic heterocycles. The minimum atomic E-state index is -4.39. The molecule has 2 unspecified atom stereocenters. The van der Waals surface area contributed by atoms with Gasteiger partial charge >= 0.3 is 6.18 Å². The van der Waals surface area contributed by atoms with Gasteiger partial charge in [-0.05, 0) is 43.2 Å². The van der Waals surface area contributed by atoms with Crippen LogP contribution in [0.4, 0.5) is 18.9 Å². The Morgan fingerprint density at radius 3 is 2.37 bits per heavy atom. The number of alkyl halides is 3. The van der Waals surface area contributed by atoms with Gasteiger partial charge in [0.25, 0.3) is 15.9 Å². The molecule has 2 aromatic carbocycles. The number of para-hydroxylation sites is 1. The van der Waals surface area contributed by atoms with Crippen LogP contribution < -0.4 is 9.62 Å². The number of nitrogens with zero attached hydrogens (tertiary/aromatic N) is 1. The van der Waals surface area contributed by atoms with Crippen LogP contribution in [0.3, 0.4) is 0 Å². The summed E-state index contributed by atoms with van der Waals surface area (Å²) in [6.45, 7) is 0. The minimum Gasteiger partial charge on any atom is -0.349 e. The van der Waals surface area contributed by atoms with Crippen LogP contribution in [0, 0.1) is 5.92 Å². The summed E-state index contributed by atoms with van der Waals surface area (Å²) in [6.07, 6.45) is -3.10. The zero-order valence-corrected chi connectivity index (χ0v) is 17.2. The van der Waals surface area contributed by atoms with Crippen molar-refractivity contribution in [1.82, 2.24) is 5.32 Å². The fraction of sp³-hybridized carbons (Fsp3) is 0.381. The largest absolute Gasteiger partial charge is 0.393 e. The Labute approximate surface area is 173 Å². The minimum absolute atomic E-state index is 0.00374. The molecule has 3 rings (SSSR count). The standard InChI is InChI=1S/C21H23F3N2O3S/c1-26(16-9-3-2-4-10-16)30(28,29)17-11-7-8-15(14-17)20(27)25-19-13-6-5-12-18(19)21(22,23)24/h2-4,7-11,14,18-19H,5-6,12-13H2,1H3,(H,25,27). The molecular weight excluding hydrogens is 417 g/mol. The Morgan fingerprint density at radius 2 is 1.70 bits per heavy atom. The molecule has 9 heteroatoms. The first-order valence-corrected chi connectivity index (χ1v) is 11.1. The number of hydrogen-bond donors (Lipinski definition) is 1. The molecule has 1 saturated carbocycles. The highest BCUT2D eigenvalue weighted by atomic mass is 32.2. The van der Waals surface area contributed by atoms with Crippen molar-refractivity contribution in [2.45, 2.75) is 42.8 Å². The van der Waals surface area contributed by atoms with E-state index in [-0.39, 0.29) is 23.3 Å². The van der Waals surface area contributed by atoms with Crippen LogP contribution in [0.25, 0.3) is 0 Å². The van der Waals surface area contributed by atoms with Crippen molar-refractivity contribution in [1.29, 1.82) is 0 Å². The van der Waals surface area contributed by atoms with Crippen molar-refractivity contribution in [2.24, 2.45) is 5.92 Å². The number of hydrogen-bond acceptors (Lipinski definition) is 3. The summed E-state index contributed by atoms with van der Waals surface area (Å²) in [5, 5.41) is 2.46. The molecule has 0 aromatic heterocycles. The fourth-order valence-electron chi connectivity index (χ4n) is 3.68. The molecule has 5 nitrogen and oxygen atoms in total. The third-order valence-electron chi connectivity index (χ3n) is 5.38. The van der Waals surface area contributed by atoms with E-state index in [4.69, 9.17) is 0 Å². The Hall–Kier alpha value is -2.55. The molecule has 2 atom stereocenters. The summed E-state index contributed by atoms with van der Waals surface area (Å²) < 4.78 is 66.8. The van der Waals surface area contributed by atoms with Crippen LogP contribution >= 0.6 is 0 Å². The quantitative estimate of drug-likeness (QED) is 0.751. The lowest BCUT2D eigenvalue weighted by Gasteiger charge is -2.33. The predicted molar refractivity (Wildman–Crippen MR) is 108 cm³/mol. The number of rotatable bonds is 5. The molecule has 162 valence electrons. The van der Waals surface area contributed by atoms with Gasteiger partial charge in [-0.15, -0.1) is 0 Å². The van der Waals surface area contributed by atoms with E-state index in [2.05, 4.69) is 5.32 Å². The molecule has 0 spiro atoms. The summed E-state index contributed by atoms with van der Waals surface area (Å²) >= 11 is 0. The molecule has 1 aliphatic carbocycles. The van der Waals surface area contributed by atoms with Crippen molar-refractivity contribution in [3.8, 4) is 0 Å². The lowest BCUT2D eigenvalue weighted by molar-refractivity contribution is -0.187. The summed E-state index contributed by atoms with van der Waals surface area (Å²) in [7, 11) is -2.55. The summed E-state index contributed by atoms with van der Waals surface area (Å²) in [5.41, 5.74) is 0.451. The number of benzene rings is 2. The van der Waals surface area contributed by atoms with Crippen molar-refractivity contribution >= 4 is 21.6 Å². The number of carbonyl (C=O) groups is 1. The first-order chi connectivity index (χ1) is 14.1. The van der Waals surface area contributed by atoms with E-state index in [9.17, 15) is 26.4 Å². The highest BCUT2D eigenvalue weighted by Crippen LogP contribution is 2.37. The zero-order valence-electron chi connectivity index (χ0n) is 16.4. The zero-order chi connectivity index (χ0) is 21.9. The molecule has 0 heterocycles. The maximum atomic E-state index is 13.3. The average molecular weight is 440 g/mol. The maximum Gasteiger partial charge on any atom is 0.393 e. The molecule has 1 fully saturated rings. The van der Waals surface area contributed by atoms with Crippen LogP contribution in [0.2, 0.25) is 0 Å². The third kappa shape index (κ3) is 4.77. The van der Waals surface area contributed by atoms with Crippen molar-refractivity contribution in [3.05, 3.63) is 60.2 Å². The SMILES string of the molecule is CN(c1ccccc1)S(=O)(=O)c1cccc(C(=O)NC2CCCCC2C(F)(F)F)c1. The van der Waals surface area contributed by atoms with Gasteiger partial charge < -0.3 is 5.32 Å². The second-order valence-corrected chi connectivity index (χ2v) is 9.32. The number of carbonyl (C=O) groups excluding carboxylic acids is 1. The van der Waals surface area contributed by atoms with E-state index < -0.39 is 34.1 Å². The van der Waals surface area contributed by atoms with Gasteiger partial charge in [0.2, 0.25) is 0 Å². The Bertz CT molecular complexity index is 994.